The molecule has 1 aromatic carbocycles. The summed E-state index contributed by atoms with van der Waals surface area (Å²) in [6.07, 6.45) is 1.58. The van der Waals surface area contributed by atoms with Crippen LogP contribution in [0.5, 0.6) is 0 Å². The molecule has 2 rings (SSSR count). The summed E-state index contributed by atoms with van der Waals surface area (Å²) >= 11 is 0. The lowest BCUT2D eigenvalue weighted by atomic mass is 9.89. The number of aromatic carboxylic acids is 1. The number of hydrogen-bond donors (Lipinski definition) is 3. The Morgan fingerprint density at radius 1 is 1.54 bits per heavy atom. The molecule has 0 bridgehead atoms. The van der Waals surface area contributed by atoms with Gasteiger partial charge in [0.25, 0.3) is 5.34 Å². The van der Waals surface area contributed by atoms with E-state index >= 15 is 0 Å². The lowest BCUT2D eigenvalue weighted by molar-refractivity contribution is -0.106. The molecule has 1 aliphatic rings. The largest absolute Gasteiger partial charge is 0.478 e. The zero-order chi connectivity index (χ0) is 17.8. The highest BCUT2D eigenvalue weighted by Gasteiger charge is 2.49. The van der Waals surface area contributed by atoms with Gasteiger partial charge in [-0.05, 0) is 31.0 Å². The number of unbranched alkanes of at least 4 members (excludes halogenated alkanes) is 1. The fourth-order valence-electron chi connectivity index (χ4n) is 2.91. The molecule has 0 amide bonds. The molecule has 7 heteroatoms. The lowest BCUT2D eigenvalue weighted by Gasteiger charge is -2.41. The zero-order valence-electron chi connectivity index (χ0n) is 14.0. The van der Waals surface area contributed by atoms with E-state index in [1.807, 2.05) is 19.9 Å². The minimum absolute atomic E-state index is 0.220. The molecule has 0 aromatic heterocycles. The Morgan fingerprint density at radius 2 is 2.29 bits per heavy atom. The summed E-state index contributed by atoms with van der Waals surface area (Å²) < 4.78 is 17.4. The predicted octanol–water partition coefficient (Wildman–Crippen LogP) is 2.49. The Balaban J connectivity index is 2.11. The first-order valence-corrected chi connectivity index (χ1v) is 9.07. The highest BCUT2D eigenvalue weighted by Crippen LogP contribution is 2.35. The van der Waals surface area contributed by atoms with Crippen molar-refractivity contribution in [2.24, 2.45) is 0 Å². The number of rotatable bonds is 7. The number of carboxylic acid groups (broad SMARTS) is 1. The van der Waals surface area contributed by atoms with Crippen LogP contribution in [0.1, 0.15) is 49.0 Å². The van der Waals surface area contributed by atoms with Gasteiger partial charge in [0.15, 0.2) is 0 Å². The molecule has 4 atom stereocenters. The van der Waals surface area contributed by atoms with E-state index in [0.29, 0.717) is 13.0 Å². The number of nitrogens with one attached hydrogen (secondary N) is 1. The fourth-order valence-corrected chi connectivity index (χ4v) is 3.50. The van der Waals surface area contributed by atoms with Crippen molar-refractivity contribution in [2.75, 3.05) is 13.2 Å². The molecule has 0 aliphatic carbocycles. The Morgan fingerprint density at radius 3 is 2.83 bits per heavy atom. The smallest absolute Gasteiger partial charge is 0.362 e. The second kappa shape index (κ2) is 7.70. The molecule has 6 nitrogen and oxygen atoms in total. The number of carboxylic acids is 1. The first kappa shape index (κ1) is 19.0. The summed E-state index contributed by atoms with van der Waals surface area (Å²) in [5, 5.41) is 21.7. The van der Waals surface area contributed by atoms with Gasteiger partial charge in [0.2, 0.25) is 0 Å². The van der Waals surface area contributed by atoms with Crippen molar-refractivity contribution in [2.45, 2.75) is 50.1 Å². The van der Waals surface area contributed by atoms with Crippen molar-refractivity contribution >= 4 is 14.4 Å². The maximum absolute atomic E-state index is 11.5. The van der Waals surface area contributed by atoms with Gasteiger partial charge in [-0.3, -0.25) is 0 Å². The van der Waals surface area contributed by atoms with Crippen molar-refractivity contribution < 1.29 is 24.3 Å². The highest BCUT2D eigenvalue weighted by molar-refractivity contribution is 7.25. The minimum Gasteiger partial charge on any atom is -0.478 e. The number of morpholine rings is 1. The van der Waals surface area contributed by atoms with Gasteiger partial charge in [0, 0.05) is 13.0 Å². The Bertz CT molecular complexity index is 600. The third kappa shape index (κ3) is 4.01. The van der Waals surface area contributed by atoms with Crippen LogP contribution in [0, 0.1) is 0 Å². The molecule has 1 fully saturated rings. The number of carbonyl (C=O) groups is 1. The number of benzene rings is 1. The predicted molar refractivity (Wildman–Crippen MR) is 92.0 cm³/mol. The number of ether oxygens (including phenoxy) is 1. The van der Waals surface area contributed by atoms with Crippen LogP contribution in [0.15, 0.2) is 24.3 Å². The summed E-state index contributed by atoms with van der Waals surface area (Å²) in [5.41, 5.74) is 0.472. The van der Waals surface area contributed by atoms with E-state index in [1.54, 1.807) is 18.2 Å². The summed E-state index contributed by atoms with van der Waals surface area (Å²) in [7, 11) is -0.852. The van der Waals surface area contributed by atoms with Crippen LogP contribution in [0.25, 0.3) is 0 Å². The highest BCUT2D eigenvalue weighted by atomic mass is 31.1. The normalized spacial score (nSPS) is 26.9. The molecule has 1 aliphatic heterocycles. The van der Waals surface area contributed by atoms with E-state index in [0.717, 1.165) is 18.4 Å². The second-order valence-electron chi connectivity index (χ2n) is 6.53. The molecule has 24 heavy (non-hydrogen) atoms. The first-order valence-electron chi connectivity index (χ1n) is 8.17. The molecule has 0 saturated carbocycles. The van der Waals surface area contributed by atoms with Gasteiger partial charge in [-0.15, -0.1) is 0 Å². The third-order valence-corrected chi connectivity index (χ3v) is 5.54. The molecule has 0 radical (unpaired) electrons. The van der Waals surface area contributed by atoms with Gasteiger partial charge in [-0.25, -0.2) is 4.79 Å². The summed E-state index contributed by atoms with van der Waals surface area (Å²) in [6.45, 7) is 4.55. The van der Waals surface area contributed by atoms with Crippen LogP contribution in [0.3, 0.4) is 0 Å². The SMILES string of the molecule is CCCCC(O)([PH+]=O)[C@@H]1CN[C@](C)(c2cccc(C(=O)O)c2)CO1. The van der Waals surface area contributed by atoms with E-state index in [1.165, 1.54) is 0 Å². The molecular formula is C17H25NO5P+. The molecule has 1 aromatic rings. The first-order chi connectivity index (χ1) is 11.3. The van der Waals surface area contributed by atoms with Crippen LogP contribution in [-0.2, 0) is 14.8 Å². The van der Waals surface area contributed by atoms with Crippen LogP contribution in [-0.4, -0.2) is 40.8 Å². The van der Waals surface area contributed by atoms with Crippen molar-refractivity contribution in [1.29, 1.82) is 0 Å². The molecule has 2 unspecified atom stereocenters. The molecule has 1 heterocycles. The van der Waals surface area contributed by atoms with Crippen LogP contribution in [0.2, 0.25) is 0 Å². The Labute approximate surface area is 143 Å². The average Bonchev–Trinajstić information content (AvgIpc) is 2.60. The van der Waals surface area contributed by atoms with Crippen LogP contribution < -0.4 is 5.32 Å². The second-order valence-corrected chi connectivity index (χ2v) is 7.60. The monoisotopic (exact) mass is 354 g/mol. The van der Waals surface area contributed by atoms with Gasteiger partial charge >= 0.3 is 14.4 Å². The van der Waals surface area contributed by atoms with Crippen molar-refractivity contribution in [3.05, 3.63) is 35.4 Å². The Kier molecular flexibility index (Phi) is 6.10. The zero-order valence-corrected chi connectivity index (χ0v) is 15.0. The minimum atomic E-state index is -1.34. The van der Waals surface area contributed by atoms with Crippen molar-refractivity contribution in [3.63, 3.8) is 0 Å². The number of hydrogen-bond acceptors (Lipinski definition) is 5. The van der Waals surface area contributed by atoms with E-state index in [4.69, 9.17) is 9.84 Å². The summed E-state index contributed by atoms with van der Waals surface area (Å²) in [4.78, 5) is 11.1. The molecule has 3 N–H and O–H groups in total. The quantitative estimate of drug-likeness (QED) is 0.651. The standard InChI is InChI=1S/C17H24NO5P/c1-3-4-8-17(21,24-22)14-10-18-16(2,11-23-14)13-7-5-6-12(9-13)15(19)20/h5-7,9,14,18,21H,3-4,8,10-11H2,1-2H3,(H,19,20)/p+1/t14-,16-,17?/m0/s1. The van der Waals surface area contributed by atoms with E-state index in [2.05, 4.69) is 5.32 Å². The van der Waals surface area contributed by atoms with Crippen LogP contribution >= 0.6 is 8.46 Å². The van der Waals surface area contributed by atoms with Gasteiger partial charge in [0.1, 0.15) is 6.10 Å². The fraction of sp³-hybridized carbons (Fsp3) is 0.588. The summed E-state index contributed by atoms with van der Waals surface area (Å²) in [5.74, 6) is -0.975. The van der Waals surface area contributed by atoms with Crippen molar-refractivity contribution in [1.82, 2.24) is 5.32 Å². The van der Waals surface area contributed by atoms with E-state index < -0.39 is 31.4 Å². The third-order valence-electron chi connectivity index (χ3n) is 4.62. The molecule has 0 spiro atoms. The maximum Gasteiger partial charge on any atom is 0.362 e. The van der Waals surface area contributed by atoms with E-state index in [9.17, 15) is 14.5 Å². The molecule has 1 saturated heterocycles. The molecular weight excluding hydrogens is 329 g/mol. The Hall–Kier alpha value is -1.33. The lowest BCUT2D eigenvalue weighted by Crippen LogP contribution is -2.58. The topological polar surface area (TPSA) is 95.9 Å². The van der Waals surface area contributed by atoms with Gasteiger partial charge in [0.05, 0.1) is 17.7 Å². The number of aliphatic hydroxyl groups is 1. The van der Waals surface area contributed by atoms with Gasteiger partial charge in [-0.1, -0.05) is 30.0 Å². The van der Waals surface area contributed by atoms with Crippen molar-refractivity contribution in [3.8, 4) is 0 Å². The maximum atomic E-state index is 11.5. The average molecular weight is 354 g/mol. The molecule has 132 valence electrons. The summed E-state index contributed by atoms with van der Waals surface area (Å²) in [6, 6.07) is 6.72. The van der Waals surface area contributed by atoms with Gasteiger partial charge < -0.3 is 20.3 Å². The van der Waals surface area contributed by atoms with Gasteiger partial charge in [-0.2, -0.15) is 0 Å². The van der Waals surface area contributed by atoms with Crippen LogP contribution in [0.4, 0.5) is 0 Å². The van der Waals surface area contributed by atoms with E-state index in [-0.39, 0.29) is 12.2 Å².